The van der Waals surface area contributed by atoms with Gasteiger partial charge >= 0.3 is 0 Å². The fourth-order valence-corrected chi connectivity index (χ4v) is 1.76. The first kappa shape index (κ1) is 12.7. The number of carbonyl (C=O) groups is 1. The van der Waals surface area contributed by atoms with E-state index >= 15 is 0 Å². The van der Waals surface area contributed by atoms with Crippen LogP contribution in [0.3, 0.4) is 0 Å². The lowest BCUT2D eigenvalue weighted by molar-refractivity contribution is -0.119. The first-order valence-corrected chi connectivity index (χ1v) is 6.63. The lowest BCUT2D eigenvalue weighted by Gasteiger charge is -2.12. The highest BCUT2D eigenvalue weighted by molar-refractivity contribution is 9.10. The Bertz CT molecular complexity index is 324. The van der Waals surface area contributed by atoms with Gasteiger partial charge in [0, 0.05) is 10.5 Å². The van der Waals surface area contributed by atoms with Crippen molar-refractivity contribution in [3.63, 3.8) is 0 Å². The molecule has 1 aromatic rings. The number of halogens is 2. The first-order valence-electron chi connectivity index (χ1n) is 4.71. The molecule has 0 saturated carbocycles. The Morgan fingerprint density at radius 2 is 2.00 bits per heavy atom. The van der Waals surface area contributed by atoms with Gasteiger partial charge in [-0.25, -0.2) is 0 Å². The lowest BCUT2D eigenvalue weighted by Crippen LogP contribution is -2.34. The average molecular weight is 335 g/mol. The molecule has 1 amide bonds. The van der Waals surface area contributed by atoms with Gasteiger partial charge in [-0.05, 0) is 31.0 Å². The molecule has 0 heterocycles. The quantitative estimate of drug-likeness (QED) is 0.843. The highest BCUT2D eigenvalue weighted by Crippen LogP contribution is 2.11. The Kier molecular flexibility index (Phi) is 5.32. The molecule has 0 aromatic heterocycles. The number of alkyl halides is 1. The van der Waals surface area contributed by atoms with E-state index in [1.165, 1.54) is 5.56 Å². The van der Waals surface area contributed by atoms with E-state index in [4.69, 9.17) is 0 Å². The van der Waals surface area contributed by atoms with E-state index in [0.29, 0.717) is 5.33 Å². The molecule has 1 unspecified atom stereocenters. The minimum Gasteiger partial charge on any atom is -0.353 e. The molecular formula is C11H13Br2NO. The van der Waals surface area contributed by atoms with E-state index in [0.717, 1.165) is 10.9 Å². The summed E-state index contributed by atoms with van der Waals surface area (Å²) in [6.45, 7) is 2.00. The second-order valence-corrected chi connectivity index (χ2v) is 4.91. The van der Waals surface area contributed by atoms with Gasteiger partial charge < -0.3 is 5.32 Å². The van der Waals surface area contributed by atoms with Crippen LogP contribution in [0.1, 0.15) is 12.5 Å². The summed E-state index contributed by atoms with van der Waals surface area (Å²) in [6.07, 6.45) is 0.853. The highest BCUT2D eigenvalue weighted by Gasteiger charge is 2.06. The summed E-state index contributed by atoms with van der Waals surface area (Å²) in [5.41, 5.74) is 1.22. The Morgan fingerprint density at radius 3 is 2.53 bits per heavy atom. The number of carbonyl (C=O) groups excluding carboxylic acids is 1. The Balaban J connectivity index is 2.47. The molecule has 1 aromatic carbocycles. The van der Waals surface area contributed by atoms with Crippen LogP contribution in [0.2, 0.25) is 0 Å². The van der Waals surface area contributed by atoms with Crippen molar-refractivity contribution in [2.75, 3.05) is 5.33 Å². The van der Waals surface area contributed by atoms with E-state index < -0.39 is 0 Å². The molecule has 0 aliphatic rings. The number of benzene rings is 1. The predicted molar refractivity (Wildman–Crippen MR) is 69.2 cm³/mol. The van der Waals surface area contributed by atoms with E-state index in [2.05, 4.69) is 49.3 Å². The van der Waals surface area contributed by atoms with Crippen LogP contribution in [-0.2, 0) is 11.2 Å². The van der Waals surface area contributed by atoms with Gasteiger partial charge in [0.15, 0.2) is 0 Å². The van der Waals surface area contributed by atoms with Crippen LogP contribution < -0.4 is 5.32 Å². The standard InChI is InChI=1S/C11H13Br2NO/c1-8(14-11(15)7-12)6-9-2-4-10(13)5-3-9/h2-5,8H,6-7H2,1H3,(H,14,15). The number of hydrogen-bond acceptors (Lipinski definition) is 1. The van der Waals surface area contributed by atoms with Crippen molar-refractivity contribution in [1.82, 2.24) is 5.32 Å². The van der Waals surface area contributed by atoms with Crippen LogP contribution in [0, 0.1) is 0 Å². The fourth-order valence-electron chi connectivity index (χ4n) is 1.34. The van der Waals surface area contributed by atoms with E-state index in [1.54, 1.807) is 0 Å². The SMILES string of the molecule is CC(Cc1ccc(Br)cc1)NC(=O)CBr. The molecule has 0 radical (unpaired) electrons. The van der Waals surface area contributed by atoms with Crippen molar-refractivity contribution >= 4 is 37.8 Å². The van der Waals surface area contributed by atoms with Gasteiger partial charge in [0.25, 0.3) is 0 Å². The molecule has 1 atom stereocenters. The molecule has 1 N–H and O–H groups in total. The van der Waals surface area contributed by atoms with Gasteiger partial charge in [-0.3, -0.25) is 4.79 Å². The third-order valence-corrected chi connectivity index (χ3v) is 3.02. The molecule has 1 rings (SSSR count). The maximum atomic E-state index is 11.1. The molecule has 0 aliphatic carbocycles. The van der Waals surface area contributed by atoms with E-state index in [9.17, 15) is 4.79 Å². The predicted octanol–water partition coefficient (Wildman–Crippen LogP) is 2.89. The first-order chi connectivity index (χ1) is 7.11. The Labute approximate surface area is 107 Å². The summed E-state index contributed by atoms with van der Waals surface area (Å²) in [7, 11) is 0. The van der Waals surface area contributed by atoms with Crippen LogP contribution in [-0.4, -0.2) is 17.3 Å². The van der Waals surface area contributed by atoms with Crippen molar-refractivity contribution in [2.24, 2.45) is 0 Å². The van der Waals surface area contributed by atoms with Gasteiger partial charge in [-0.15, -0.1) is 0 Å². The minimum absolute atomic E-state index is 0.0274. The summed E-state index contributed by atoms with van der Waals surface area (Å²) in [4.78, 5) is 11.1. The third kappa shape index (κ3) is 4.80. The van der Waals surface area contributed by atoms with Gasteiger partial charge in [0.1, 0.15) is 0 Å². The Hall–Kier alpha value is -0.350. The number of nitrogens with one attached hydrogen (secondary N) is 1. The minimum atomic E-state index is 0.0274. The van der Waals surface area contributed by atoms with Crippen molar-refractivity contribution in [3.05, 3.63) is 34.3 Å². The van der Waals surface area contributed by atoms with E-state index in [-0.39, 0.29) is 11.9 Å². The summed E-state index contributed by atoms with van der Waals surface area (Å²) in [5, 5.41) is 3.25. The van der Waals surface area contributed by atoms with Crippen LogP contribution in [0.4, 0.5) is 0 Å². The second kappa shape index (κ2) is 6.28. The molecule has 82 valence electrons. The number of amides is 1. The maximum Gasteiger partial charge on any atom is 0.230 e. The molecule has 0 fully saturated rings. The topological polar surface area (TPSA) is 29.1 Å². The molecule has 0 aliphatic heterocycles. The van der Waals surface area contributed by atoms with Crippen LogP contribution in [0.15, 0.2) is 28.7 Å². The number of rotatable bonds is 4. The zero-order chi connectivity index (χ0) is 11.3. The van der Waals surface area contributed by atoms with Crippen molar-refractivity contribution < 1.29 is 4.79 Å². The second-order valence-electron chi connectivity index (χ2n) is 3.43. The molecular weight excluding hydrogens is 322 g/mol. The normalized spacial score (nSPS) is 12.2. The van der Waals surface area contributed by atoms with Gasteiger partial charge in [-0.1, -0.05) is 44.0 Å². The third-order valence-electron chi connectivity index (χ3n) is 1.98. The zero-order valence-corrected chi connectivity index (χ0v) is 11.6. The van der Waals surface area contributed by atoms with Gasteiger partial charge in [0.05, 0.1) is 5.33 Å². The molecule has 2 nitrogen and oxygen atoms in total. The molecule has 0 bridgehead atoms. The molecule has 0 spiro atoms. The van der Waals surface area contributed by atoms with Crippen molar-refractivity contribution in [1.29, 1.82) is 0 Å². The van der Waals surface area contributed by atoms with Crippen molar-refractivity contribution in [2.45, 2.75) is 19.4 Å². The monoisotopic (exact) mass is 333 g/mol. The molecule has 15 heavy (non-hydrogen) atoms. The summed E-state index contributed by atoms with van der Waals surface area (Å²) in [6, 6.07) is 8.29. The van der Waals surface area contributed by atoms with Gasteiger partial charge in [-0.2, -0.15) is 0 Å². The summed E-state index contributed by atoms with van der Waals surface area (Å²) < 4.78 is 1.07. The smallest absolute Gasteiger partial charge is 0.230 e. The maximum absolute atomic E-state index is 11.1. The lowest BCUT2D eigenvalue weighted by atomic mass is 10.1. The Morgan fingerprint density at radius 1 is 1.40 bits per heavy atom. The highest BCUT2D eigenvalue weighted by atomic mass is 79.9. The van der Waals surface area contributed by atoms with Crippen LogP contribution >= 0.6 is 31.9 Å². The van der Waals surface area contributed by atoms with Crippen LogP contribution in [0.25, 0.3) is 0 Å². The van der Waals surface area contributed by atoms with Crippen molar-refractivity contribution in [3.8, 4) is 0 Å². The summed E-state index contributed by atoms with van der Waals surface area (Å²) in [5.74, 6) is 0.0274. The average Bonchev–Trinajstić information content (AvgIpc) is 2.21. The summed E-state index contributed by atoms with van der Waals surface area (Å²) >= 11 is 6.51. The fraction of sp³-hybridized carbons (Fsp3) is 0.364. The zero-order valence-electron chi connectivity index (χ0n) is 8.47. The molecule has 4 heteroatoms. The van der Waals surface area contributed by atoms with Crippen LogP contribution in [0.5, 0.6) is 0 Å². The number of hydrogen-bond donors (Lipinski definition) is 1. The molecule has 0 saturated heterocycles. The van der Waals surface area contributed by atoms with E-state index in [1.807, 2.05) is 19.1 Å². The largest absolute Gasteiger partial charge is 0.353 e. The van der Waals surface area contributed by atoms with Gasteiger partial charge in [0.2, 0.25) is 5.91 Å².